The maximum Gasteiger partial charge on any atom is 0.407 e. The smallest absolute Gasteiger partial charge is 0.407 e. The molecule has 2 atom stereocenters. The Morgan fingerprint density at radius 2 is 1.54 bits per heavy atom. The normalized spacial score (nSPS) is 14.2. The van der Waals surface area contributed by atoms with E-state index in [1.54, 1.807) is 70.3 Å². The van der Waals surface area contributed by atoms with Crippen molar-refractivity contribution >= 4 is 35.2 Å². The number of anilines is 2. The van der Waals surface area contributed by atoms with Crippen molar-refractivity contribution in [1.29, 1.82) is 0 Å². The number of hydrogen-bond acceptors (Lipinski definition) is 9. The minimum atomic E-state index is -0.593. The van der Waals surface area contributed by atoms with Crippen LogP contribution in [0, 0.1) is 5.92 Å². The fourth-order valence-corrected chi connectivity index (χ4v) is 6.10. The summed E-state index contributed by atoms with van der Waals surface area (Å²) in [6, 6.07) is 19.1. The van der Waals surface area contributed by atoms with Crippen LogP contribution in [0.2, 0.25) is 0 Å². The summed E-state index contributed by atoms with van der Waals surface area (Å²) in [6.45, 7) is 13.6. The van der Waals surface area contributed by atoms with Gasteiger partial charge in [0.2, 0.25) is 5.91 Å². The van der Waals surface area contributed by atoms with Crippen molar-refractivity contribution in [3.8, 4) is 17.2 Å². The first-order valence-corrected chi connectivity index (χ1v) is 19.3. The van der Waals surface area contributed by atoms with Crippen LogP contribution in [0.5, 0.6) is 17.2 Å². The van der Waals surface area contributed by atoms with E-state index in [2.05, 4.69) is 29.5 Å². The topological polar surface area (TPSA) is 139 Å². The molecule has 2 N–H and O–H groups in total. The lowest BCUT2D eigenvalue weighted by Crippen LogP contribution is -2.47. The Labute approximate surface area is 331 Å². The molecule has 0 saturated carbocycles. The van der Waals surface area contributed by atoms with Gasteiger partial charge in [-0.3, -0.25) is 14.4 Å². The number of nitrogens with zero attached hydrogens (tertiary/aromatic N) is 3. The van der Waals surface area contributed by atoms with E-state index in [-0.39, 0.29) is 17.9 Å². The molecule has 3 aromatic carbocycles. The van der Waals surface area contributed by atoms with Gasteiger partial charge in [-0.25, -0.2) is 4.79 Å². The third kappa shape index (κ3) is 13.2. The molecule has 1 saturated heterocycles. The van der Waals surface area contributed by atoms with E-state index in [4.69, 9.17) is 18.9 Å². The Bertz CT molecular complexity index is 1790. The van der Waals surface area contributed by atoms with Crippen molar-refractivity contribution in [1.82, 2.24) is 15.1 Å². The zero-order chi connectivity index (χ0) is 40.8. The number of carbonyl (C=O) groups is 4. The SMILES string of the molecule is COc1cc(C(=O)N(C)c2ccccc2OCCC(C)CCC(=O)N2CCN(C)CC2)ccc1NC(=O)c1ccccc1OC(C)CCNC(=O)OC(C)(C)C. The first-order chi connectivity index (χ1) is 26.6. The number of methoxy groups -OCH3 is 1. The maximum absolute atomic E-state index is 13.8. The Hall–Kier alpha value is -5.30. The van der Waals surface area contributed by atoms with Crippen molar-refractivity contribution in [2.75, 3.05) is 70.8 Å². The van der Waals surface area contributed by atoms with E-state index in [1.165, 1.54) is 12.0 Å². The molecule has 4 rings (SSSR count). The third-order valence-corrected chi connectivity index (χ3v) is 9.48. The Morgan fingerprint density at radius 3 is 2.23 bits per heavy atom. The van der Waals surface area contributed by atoms with Crippen LogP contribution >= 0.6 is 0 Å². The molecule has 3 aromatic rings. The number of rotatable bonds is 17. The molecular weight excluding hydrogens is 714 g/mol. The van der Waals surface area contributed by atoms with Gasteiger partial charge in [0, 0.05) is 58.2 Å². The highest BCUT2D eigenvalue weighted by molar-refractivity contribution is 6.09. The molecular formula is C43H59N5O8. The van der Waals surface area contributed by atoms with Crippen LogP contribution in [0.3, 0.4) is 0 Å². The lowest BCUT2D eigenvalue weighted by Gasteiger charge is -2.32. The van der Waals surface area contributed by atoms with E-state index in [0.29, 0.717) is 71.7 Å². The molecule has 56 heavy (non-hydrogen) atoms. The van der Waals surface area contributed by atoms with Crippen molar-refractivity contribution < 1.29 is 38.1 Å². The average molecular weight is 774 g/mol. The average Bonchev–Trinajstić information content (AvgIpc) is 3.16. The summed E-state index contributed by atoms with van der Waals surface area (Å²) < 4.78 is 23.2. The summed E-state index contributed by atoms with van der Waals surface area (Å²) >= 11 is 0. The number of carbonyl (C=O) groups excluding carboxylic acids is 4. The zero-order valence-corrected chi connectivity index (χ0v) is 34.2. The van der Waals surface area contributed by atoms with Gasteiger partial charge in [0.15, 0.2) is 0 Å². The first-order valence-electron chi connectivity index (χ1n) is 19.3. The molecule has 0 radical (unpaired) electrons. The third-order valence-electron chi connectivity index (χ3n) is 9.48. The molecule has 4 amide bonds. The molecule has 1 fully saturated rings. The molecule has 0 bridgehead atoms. The molecule has 0 spiro atoms. The van der Waals surface area contributed by atoms with Crippen LogP contribution in [0.4, 0.5) is 16.2 Å². The predicted molar refractivity (Wildman–Crippen MR) is 218 cm³/mol. The lowest BCUT2D eigenvalue weighted by atomic mass is 10.0. The van der Waals surface area contributed by atoms with E-state index in [0.717, 1.165) is 39.0 Å². The van der Waals surface area contributed by atoms with E-state index in [1.807, 2.05) is 36.1 Å². The highest BCUT2D eigenvalue weighted by Gasteiger charge is 2.23. The summed E-state index contributed by atoms with van der Waals surface area (Å²) in [5.74, 6) is 1.07. The second kappa shape index (κ2) is 20.6. The molecule has 1 heterocycles. The molecule has 1 aliphatic rings. The standard InChI is InChI=1S/C43H59N5O8/c1-30(17-20-39(49)48-26-24-46(6)25-27-48)22-28-54-37-16-12-10-14-35(37)47(7)41(51)32-18-19-34(38(29-32)53-8)45-40(50)33-13-9-11-15-36(33)55-31(2)21-23-44-42(52)56-43(3,4)5/h9-16,18-19,29-31H,17,20-28H2,1-8H3,(H,44,52)(H,45,50). The monoisotopic (exact) mass is 773 g/mol. The number of piperazine rings is 1. The molecule has 1 aliphatic heterocycles. The number of nitrogens with one attached hydrogen (secondary N) is 2. The number of likely N-dealkylation sites (N-methyl/N-ethyl adjacent to an activating group) is 1. The van der Waals surface area contributed by atoms with Crippen LogP contribution < -0.4 is 29.7 Å². The van der Waals surface area contributed by atoms with Gasteiger partial charge in [-0.2, -0.15) is 0 Å². The molecule has 0 aromatic heterocycles. The minimum Gasteiger partial charge on any atom is -0.495 e. The highest BCUT2D eigenvalue weighted by atomic mass is 16.6. The van der Waals surface area contributed by atoms with Crippen LogP contribution in [0.25, 0.3) is 0 Å². The van der Waals surface area contributed by atoms with Gasteiger partial charge in [-0.15, -0.1) is 0 Å². The molecule has 0 aliphatic carbocycles. The predicted octanol–water partition coefficient (Wildman–Crippen LogP) is 6.87. The number of benzene rings is 3. The van der Waals surface area contributed by atoms with E-state index >= 15 is 0 Å². The van der Waals surface area contributed by atoms with Gasteiger partial charge in [0.05, 0.1) is 36.8 Å². The van der Waals surface area contributed by atoms with Gasteiger partial charge < -0.3 is 44.3 Å². The summed E-state index contributed by atoms with van der Waals surface area (Å²) in [6.07, 6.45) is 1.77. The molecule has 13 heteroatoms. The number of alkyl carbamates (subject to hydrolysis) is 1. The quantitative estimate of drug-likeness (QED) is 0.151. The van der Waals surface area contributed by atoms with E-state index in [9.17, 15) is 19.2 Å². The summed E-state index contributed by atoms with van der Waals surface area (Å²) in [4.78, 5) is 57.7. The molecule has 13 nitrogen and oxygen atoms in total. The van der Waals surface area contributed by atoms with Gasteiger partial charge in [0.25, 0.3) is 11.8 Å². The van der Waals surface area contributed by atoms with Crippen molar-refractivity contribution in [3.05, 3.63) is 77.9 Å². The number of para-hydroxylation sites is 3. The van der Waals surface area contributed by atoms with Crippen LogP contribution in [0.1, 0.15) is 81.0 Å². The molecule has 304 valence electrons. The van der Waals surface area contributed by atoms with Gasteiger partial charge in [0.1, 0.15) is 22.8 Å². The highest BCUT2D eigenvalue weighted by Crippen LogP contribution is 2.32. The second-order valence-corrected chi connectivity index (χ2v) is 15.3. The summed E-state index contributed by atoms with van der Waals surface area (Å²) in [5, 5.41) is 5.61. The Balaban J connectivity index is 1.32. The van der Waals surface area contributed by atoms with Crippen LogP contribution in [-0.2, 0) is 9.53 Å². The minimum absolute atomic E-state index is 0.215. The second-order valence-electron chi connectivity index (χ2n) is 15.3. The van der Waals surface area contributed by atoms with Crippen molar-refractivity contribution in [3.63, 3.8) is 0 Å². The van der Waals surface area contributed by atoms with Gasteiger partial charge in [-0.1, -0.05) is 31.2 Å². The fraction of sp³-hybridized carbons (Fsp3) is 0.488. The first kappa shape index (κ1) is 43.4. The van der Waals surface area contributed by atoms with Crippen LogP contribution in [-0.4, -0.2) is 106 Å². The number of ether oxygens (including phenoxy) is 4. The largest absolute Gasteiger partial charge is 0.495 e. The van der Waals surface area contributed by atoms with Gasteiger partial charge in [-0.05, 0) is 96.0 Å². The summed E-state index contributed by atoms with van der Waals surface area (Å²) in [5.41, 5.74) is 1.06. The summed E-state index contributed by atoms with van der Waals surface area (Å²) in [7, 11) is 5.23. The van der Waals surface area contributed by atoms with Crippen molar-refractivity contribution in [2.45, 2.75) is 72.0 Å². The fourth-order valence-electron chi connectivity index (χ4n) is 6.10. The van der Waals surface area contributed by atoms with E-state index < -0.39 is 17.6 Å². The van der Waals surface area contributed by atoms with Crippen molar-refractivity contribution in [2.24, 2.45) is 5.92 Å². The van der Waals surface area contributed by atoms with Crippen LogP contribution in [0.15, 0.2) is 66.7 Å². The Kier molecular flexibility index (Phi) is 16.0. The Morgan fingerprint density at radius 1 is 0.857 bits per heavy atom. The molecule has 2 unspecified atom stereocenters. The van der Waals surface area contributed by atoms with Gasteiger partial charge >= 0.3 is 6.09 Å². The zero-order valence-electron chi connectivity index (χ0n) is 34.2. The maximum atomic E-state index is 13.8. The number of amides is 4. The lowest BCUT2D eigenvalue weighted by molar-refractivity contribution is -0.133. The number of hydrogen-bond donors (Lipinski definition) is 2.